The summed E-state index contributed by atoms with van der Waals surface area (Å²) < 4.78 is 7.59. The Morgan fingerprint density at radius 2 is 1.91 bits per heavy atom. The van der Waals surface area contributed by atoms with E-state index in [9.17, 15) is 14.4 Å². The summed E-state index contributed by atoms with van der Waals surface area (Å²) >= 11 is 0. The van der Waals surface area contributed by atoms with Crippen molar-refractivity contribution in [3.63, 3.8) is 0 Å². The van der Waals surface area contributed by atoms with Crippen LogP contribution in [-0.2, 0) is 27.6 Å². The molecule has 4 aromatic rings. The van der Waals surface area contributed by atoms with E-state index >= 15 is 0 Å². The number of aromatic nitrogens is 3. The van der Waals surface area contributed by atoms with Crippen LogP contribution in [0.25, 0.3) is 11.0 Å². The second-order valence-corrected chi connectivity index (χ2v) is 12.0. The topological polar surface area (TPSA) is 125 Å². The number of hydrogen-bond donors (Lipinski definition) is 0. The number of carbonyl (C=O) groups excluding carboxylic acids is 3. The molecule has 2 aromatic heterocycles. The molecule has 6 rings (SSSR count). The minimum Gasteiger partial charge on any atom is -0.443 e. The molecule has 2 unspecified atom stereocenters. The summed E-state index contributed by atoms with van der Waals surface area (Å²) in [6.45, 7) is 5.79. The third-order valence-electron chi connectivity index (χ3n) is 9.34. The average Bonchev–Trinajstić information content (AvgIpc) is 3.65. The van der Waals surface area contributed by atoms with Crippen molar-refractivity contribution < 1.29 is 19.1 Å². The first-order valence-electron chi connectivity index (χ1n) is 15.6. The quantitative estimate of drug-likeness (QED) is 0.243. The number of hydrogen-bond acceptors (Lipinski definition) is 8. The molecule has 1 saturated heterocycles. The van der Waals surface area contributed by atoms with Gasteiger partial charge in [0.15, 0.2) is 6.73 Å². The zero-order chi connectivity index (χ0) is 32.4. The largest absolute Gasteiger partial charge is 0.443 e. The number of nitrogens with zero attached hydrogens (tertiary/aromatic N) is 7. The Bertz CT molecular complexity index is 1810. The van der Waals surface area contributed by atoms with E-state index in [-0.39, 0.29) is 37.0 Å². The predicted molar refractivity (Wildman–Crippen MR) is 173 cm³/mol. The number of esters is 1. The number of nitriles is 1. The fourth-order valence-corrected chi connectivity index (χ4v) is 6.61. The van der Waals surface area contributed by atoms with Gasteiger partial charge in [-0.3, -0.25) is 19.0 Å². The van der Waals surface area contributed by atoms with Crippen molar-refractivity contribution in [1.29, 1.82) is 5.26 Å². The lowest BCUT2D eigenvalue weighted by atomic mass is 9.92. The number of piperidine rings is 1. The van der Waals surface area contributed by atoms with Crippen molar-refractivity contribution in [1.82, 2.24) is 19.4 Å². The number of ether oxygens (including phenoxy) is 1. The zero-order valence-corrected chi connectivity index (χ0v) is 26.3. The molecule has 0 saturated carbocycles. The first-order valence-corrected chi connectivity index (χ1v) is 15.6. The van der Waals surface area contributed by atoms with Crippen molar-refractivity contribution in [2.75, 3.05) is 29.9 Å². The Morgan fingerprint density at radius 3 is 2.65 bits per heavy atom. The number of benzene rings is 2. The van der Waals surface area contributed by atoms with Crippen molar-refractivity contribution in [3.05, 3.63) is 83.8 Å². The number of rotatable bonds is 9. The Kier molecular flexibility index (Phi) is 8.70. The summed E-state index contributed by atoms with van der Waals surface area (Å²) in [6.07, 6.45) is 4.60. The Labute approximate surface area is 268 Å². The molecule has 0 spiro atoms. The lowest BCUT2D eigenvalue weighted by molar-refractivity contribution is -0.149. The lowest BCUT2D eigenvalue weighted by Crippen LogP contribution is -2.52. The van der Waals surface area contributed by atoms with Crippen LogP contribution >= 0.6 is 0 Å². The summed E-state index contributed by atoms with van der Waals surface area (Å²) in [6, 6.07) is 19.1. The highest BCUT2D eigenvalue weighted by Crippen LogP contribution is 2.32. The van der Waals surface area contributed by atoms with Gasteiger partial charge >= 0.3 is 5.97 Å². The van der Waals surface area contributed by atoms with Crippen LogP contribution in [0.2, 0.25) is 0 Å². The normalized spacial score (nSPS) is 18.3. The summed E-state index contributed by atoms with van der Waals surface area (Å²) in [5.74, 6) is 0.0730. The van der Waals surface area contributed by atoms with Crippen LogP contribution in [0.1, 0.15) is 60.5 Å². The Balaban J connectivity index is 1.13. The highest BCUT2D eigenvalue weighted by atomic mass is 16.5. The van der Waals surface area contributed by atoms with E-state index in [2.05, 4.69) is 21.8 Å². The number of amides is 2. The van der Waals surface area contributed by atoms with Crippen LogP contribution in [-0.4, -0.2) is 63.4 Å². The van der Waals surface area contributed by atoms with Crippen LogP contribution < -0.4 is 9.80 Å². The maximum atomic E-state index is 13.3. The molecule has 0 bridgehead atoms. The van der Waals surface area contributed by atoms with E-state index in [1.54, 1.807) is 14.4 Å². The molecule has 11 heteroatoms. The number of likely N-dealkylation sites (N-methyl/N-ethyl adjacent to an activating group) is 1. The van der Waals surface area contributed by atoms with E-state index in [0.717, 1.165) is 40.0 Å². The van der Waals surface area contributed by atoms with Gasteiger partial charge in [0.1, 0.15) is 24.2 Å². The molecule has 11 nitrogen and oxygen atoms in total. The van der Waals surface area contributed by atoms with Crippen LogP contribution in [0, 0.1) is 17.2 Å². The summed E-state index contributed by atoms with van der Waals surface area (Å²) in [5.41, 5.74) is 3.98. The van der Waals surface area contributed by atoms with Gasteiger partial charge in [0.2, 0.25) is 5.91 Å². The van der Waals surface area contributed by atoms with Crippen molar-refractivity contribution in [2.45, 2.75) is 58.3 Å². The van der Waals surface area contributed by atoms with E-state index in [1.165, 1.54) is 6.33 Å². The minimum atomic E-state index is -0.460. The van der Waals surface area contributed by atoms with Crippen LogP contribution in [0.5, 0.6) is 0 Å². The van der Waals surface area contributed by atoms with Gasteiger partial charge in [-0.1, -0.05) is 44.2 Å². The maximum absolute atomic E-state index is 13.3. The molecule has 236 valence electrons. The van der Waals surface area contributed by atoms with Crippen LogP contribution in [0.15, 0.2) is 67.1 Å². The predicted octanol–water partition coefficient (Wildman–Crippen LogP) is 4.87. The van der Waals surface area contributed by atoms with E-state index in [0.29, 0.717) is 37.6 Å². The van der Waals surface area contributed by atoms with Crippen molar-refractivity contribution in [3.8, 4) is 6.07 Å². The summed E-state index contributed by atoms with van der Waals surface area (Å²) in [4.78, 5) is 53.3. The Morgan fingerprint density at radius 1 is 1.13 bits per heavy atom. The molecule has 2 amide bonds. The van der Waals surface area contributed by atoms with Gasteiger partial charge in [-0.2, -0.15) is 5.26 Å². The third kappa shape index (κ3) is 5.78. The highest BCUT2D eigenvalue weighted by molar-refractivity contribution is 6.10. The fraction of sp³-hybridized carbons (Fsp3) is 0.371. The third-order valence-corrected chi connectivity index (χ3v) is 9.34. The zero-order valence-electron chi connectivity index (χ0n) is 26.3. The lowest BCUT2D eigenvalue weighted by Gasteiger charge is -2.42. The van der Waals surface area contributed by atoms with Gasteiger partial charge in [0.25, 0.3) is 5.91 Å². The number of fused-ring (bicyclic) bond motifs is 2. The fourth-order valence-electron chi connectivity index (χ4n) is 6.61. The minimum absolute atomic E-state index is 0.00606. The molecule has 2 aliphatic heterocycles. The van der Waals surface area contributed by atoms with Crippen LogP contribution in [0.4, 0.5) is 11.5 Å². The SMILES string of the molecule is CCC(C(=O)OCn1ccc2c(N(C)C3CN(C(=O)CC#N)CC[C@H]3C)ncnc21)c1ccc(N2Cc3ccccc3C2=O)cc1. The first kappa shape index (κ1) is 30.8. The highest BCUT2D eigenvalue weighted by Gasteiger charge is 2.33. The molecule has 0 aliphatic carbocycles. The molecule has 1 fully saturated rings. The van der Waals surface area contributed by atoms with E-state index in [4.69, 9.17) is 10.00 Å². The van der Waals surface area contributed by atoms with Crippen molar-refractivity contribution >= 4 is 40.3 Å². The second-order valence-electron chi connectivity index (χ2n) is 12.0. The molecule has 0 radical (unpaired) electrons. The van der Waals surface area contributed by atoms with Gasteiger partial charge < -0.3 is 19.4 Å². The number of likely N-dealkylation sites (tertiary alicyclic amines) is 1. The maximum Gasteiger partial charge on any atom is 0.315 e. The van der Waals surface area contributed by atoms with Gasteiger partial charge in [-0.05, 0) is 54.2 Å². The molecule has 3 atom stereocenters. The number of carbonyl (C=O) groups is 3. The first-order chi connectivity index (χ1) is 22.3. The molecule has 46 heavy (non-hydrogen) atoms. The molecule has 2 aromatic carbocycles. The second kappa shape index (κ2) is 13.0. The van der Waals surface area contributed by atoms with Crippen LogP contribution in [0.3, 0.4) is 0 Å². The van der Waals surface area contributed by atoms with E-state index in [1.807, 2.05) is 80.8 Å². The summed E-state index contributed by atoms with van der Waals surface area (Å²) in [5, 5.41) is 9.80. The van der Waals surface area contributed by atoms with Crippen molar-refractivity contribution in [2.24, 2.45) is 5.92 Å². The Hall–Kier alpha value is -5.24. The standard InChI is InChI=1S/C35H37N7O4/c1-4-27(24-9-11-26(12-10-24)42-19-25-7-5-6-8-28(25)34(42)44)35(45)46-22-41-18-15-29-32(37-21-38-33(29)41)39(3)30-20-40(17-14-23(30)2)31(43)13-16-36/h5-12,15,18,21,23,27,30H,4,13-14,17,19-20,22H2,1-3H3/t23-,27?,30?/m1/s1. The molecule has 0 N–H and O–H groups in total. The van der Waals surface area contributed by atoms with E-state index < -0.39 is 5.92 Å². The van der Waals surface area contributed by atoms with Gasteiger partial charge in [0.05, 0.1) is 30.0 Å². The van der Waals surface area contributed by atoms with Gasteiger partial charge in [-0.25, -0.2) is 9.97 Å². The number of anilines is 2. The molecular formula is C35H37N7O4. The molecule has 4 heterocycles. The van der Waals surface area contributed by atoms with Gasteiger partial charge in [0, 0.05) is 37.6 Å². The van der Waals surface area contributed by atoms with Gasteiger partial charge in [-0.15, -0.1) is 0 Å². The monoisotopic (exact) mass is 619 g/mol. The molecular weight excluding hydrogens is 582 g/mol. The summed E-state index contributed by atoms with van der Waals surface area (Å²) in [7, 11) is 1.97. The average molecular weight is 620 g/mol. The molecule has 2 aliphatic rings. The smallest absolute Gasteiger partial charge is 0.315 e.